The number of pyridine rings is 1. The number of aromatic nitrogens is 1. The van der Waals surface area contributed by atoms with Crippen LogP contribution >= 0.6 is 27.7 Å². The highest BCUT2D eigenvalue weighted by Crippen LogP contribution is 2.26. The fourth-order valence-corrected chi connectivity index (χ4v) is 3.94. The van der Waals surface area contributed by atoms with Crippen LogP contribution < -0.4 is 10.1 Å². The summed E-state index contributed by atoms with van der Waals surface area (Å²) in [7, 11) is 0. The molecule has 1 aliphatic rings. The van der Waals surface area contributed by atoms with Crippen LogP contribution in [0.2, 0.25) is 0 Å². The summed E-state index contributed by atoms with van der Waals surface area (Å²) in [5.74, 6) is 1.07. The van der Waals surface area contributed by atoms with Gasteiger partial charge >= 0.3 is 0 Å². The number of thioether (sulfide) groups is 1. The Bertz CT molecular complexity index is 1010. The van der Waals surface area contributed by atoms with E-state index in [1.807, 2.05) is 54.6 Å². The van der Waals surface area contributed by atoms with E-state index in [9.17, 15) is 9.90 Å². The standard InChI is InChI=1S/C22H21BrN2O3S/c23-14-5-9-17(10-6-14)28-12-16(26)13-29-21-11-19(22(27)24-15-7-8-15)18-3-1-2-4-20(18)25-21/h1-6,9-11,15-16,26H,7-8,12-13H2,(H,24,27). The van der Waals surface area contributed by atoms with Crippen molar-refractivity contribution in [2.45, 2.75) is 30.0 Å². The predicted molar refractivity (Wildman–Crippen MR) is 119 cm³/mol. The summed E-state index contributed by atoms with van der Waals surface area (Å²) >= 11 is 4.80. The molecule has 150 valence electrons. The van der Waals surface area contributed by atoms with Gasteiger partial charge in [0.1, 0.15) is 12.4 Å². The molecule has 1 fully saturated rings. The highest BCUT2D eigenvalue weighted by Gasteiger charge is 2.25. The summed E-state index contributed by atoms with van der Waals surface area (Å²) in [6.45, 7) is 0.192. The quantitative estimate of drug-likeness (QED) is 0.474. The van der Waals surface area contributed by atoms with E-state index in [0.29, 0.717) is 28.1 Å². The third-order valence-electron chi connectivity index (χ3n) is 4.53. The third kappa shape index (κ3) is 5.50. The molecule has 2 N–H and O–H groups in total. The summed E-state index contributed by atoms with van der Waals surface area (Å²) in [6, 6.07) is 17.2. The molecule has 0 spiro atoms. The van der Waals surface area contributed by atoms with Crippen molar-refractivity contribution in [3.05, 3.63) is 64.6 Å². The average Bonchev–Trinajstić information content (AvgIpc) is 3.55. The maximum absolute atomic E-state index is 12.7. The van der Waals surface area contributed by atoms with Gasteiger partial charge in [0, 0.05) is 21.7 Å². The summed E-state index contributed by atoms with van der Waals surface area (Å²) in [5, 5.41) is 14.9. The number of rotatable bonds is 8. The van der Waals surface area contributed by atoms with Crippen LogP contribution in [0.1, 0.15) is 23.2 Å². The second kappa shape index (κ2) is 9.15. The van der Waals surface area contributed by atoms with Gasteiger partial charge in [0.05, 0.1) is 22.2 Å². The average molecular weight is 473 g/mol. The van der Waals surface area contributed by atoms with Crippen molar-refractivity contribution < 1.29 is 14.6 Å². The van der Waals surface area contributed by atoms with Crippen molar-refractivity contribution in [2.24, 2.45) is 0 Å². The number of hydrogen-bond donors (Lipinski definition) is 2. The monoisotopic (exact) mass is 472 g/mol. The number of halogens is 1. The Morgan fingerprint density at radius 2 is 2.00 bits per heavy atom. The van der Waals surface area contributed by atoms with Crippen LogP contribution in [-0.4, -0.2) is 40.5 Å². The number of aliphatic hydroxyl groups excluding tert-OH is 1. The molecule has 29 heavy (non-hydrogen) atoms. The Morgan fingerprint density at radius 1 is 1.24 bits per heavy atom. The maximum Gasteiger partial charge on any atom is 0.252 e. The number of para-hydroxylation sites is 1. The molecular weight excluding hydrogens is 452 g/mol. The molecule has 1 aromatic heterocycles. The molecule has 1 atom stereocenters. The van der Waals surface area contributed by atoms with Gasteiger partial charge in [-0.3, -0.25) is 4.79 Å². The SMILES string of the molecule is O=C(NC1CC1)c1cc(SCC(O)COc2ccc(Br)cc2)nc2ccccc12. The molecule has 1 amide bonds. The number of hydrogen-bond acceptors (Lipinski definition) is 5. The number of carbonyl (C=O) groups is 1. The zero-order valence-electron chi connectivity index (χ0n) is 15.7. The van der Waals surface area contributed by atoms with E-state index in [1.54, 1.807) is 0 Å². The lowest BCUT2D eigenvalue weighted by molar-refractivity contribution is 0.0952. The second-order valence-electron chi connectivity index (χ2n) is 7.00. The molecular formula is C22H21BrN2O3S. The lowest BCUT2D eigenvalue weighted by atomic mass is 10.1. The predicted octanol–water partition coefficient (Wildman–Crippen LogP) is 4.42. The van der Waals surface area contributed by atoms with Crippen LogP contribution in [0.15, 0.2) is 64.1 Å². The van der Waals surface area contributed by atoms with Crippen molar-refractivity contribution in [1.29, 1.82) is 0 Å². The lowest BCUT2D eigenvalue weighted by Crippen LogP contribution is -2.25. The third-order valence-corrected chi connectivity index (χ3v) is 6.11. The van der Waals surface area contributed by atoms with Crippen LogP contribution in [0.3, 0.4) is 0 Å². The van der Waals surface area contributed by atoms with Crippen LogP contribution in [0.5, 0.6) is 5.75 Å². The van der Waals surface area contributed by atoms with Crippen molar-refractivity contribution in [1.82, 2.24) is 10.3 Å². The van der Waals surface area contributed by atoms with Crippen LogP contribution in [0, 0.1) is 0 Å². The summed E-state index contributed by atoms with van der Waals surface area (Å²) < 4.78 is 6.60. The highest BCUT2D eigenvalue weighted by molar-refractivity contribution is 9.10. The Morgan fingerprint density at radius 3 is 2.76 bits per heavy atom. The first kappa shape index (κ1) is 20.2. The number of carbonyl (C=O) groups excluding carboxylic acids is 1. The van der Waals surface area contributed by atoms with E-state index in [-0.39, 0.29) is 12.5 Å². The Balaban J connectivity index is 1.41. The van der Waals surface area contributed by atoms with E-state index < -0.39 is 6.10 Å². The highest BCUT2D eigenvalue weighted by atomic mass is 79.9. The van der Waals surface area contributed by atoms with Gasteiger partial charge in [-0.2, -0.15) is 0 Å². The fourth-order valence-electron chi connectivity index (χ4n) is 2.86. The zero-order valence-corrected chi connectivity index (χ0v) is 18.1. The Hall–Kier alpha value is -2.09. The molecule has 4 rings (SSSR count). The molecule has 7 heteroatoms. The molecule has 0 radical (unpaired) electrons. The van der Waals surface area contributed by atoms with Gasteiger partial charge in [0.25, 0.3) is 5.91 Å². The van der Waals surface area contributed by atoms with Gasteiger partial charge in [-0.05, 0) is 49.2 Å². The largest absolute Gasteiger partial charge is 0.491 e. The minimum atomic E-state index is -0.652. The molecule has 5 nitrogen and oxygen atoms in total. The van der Waals surface area contributed by atoms with Gasteiger partial charge in [-0.1, -0.05) is 34.1 Å². The van der Waals surface area contributed by atoms with Gasteiger partial charge in [-0.25, -0.2) is 4.98 Å². The lowest BCUT2D eigenvalue weighted by Gasteiger charge is -2.13. The summed E-state index contributed by atoms with van der Waals surface area (Å²) in [5.41, 5.74) is 1.41. The molecule has 1 saturated carbocycles. The van der Waals surface area contributed by atoms with Crippen LogP contribution in [0.25, 0.3) is 10.9 Å². The van der Waals surface area contributed by atoms with E-state index >= 15 is 0 Å². The number of aliphatic hydroxyl groups is 1. The molecule has 0 aliphatic heterocycles. The topological polar surface area (TPSA) is 71.5 Å². The van der Waals surface area contributed by atoms with Crippen molar-refractivity contribution >= 4 is 44.5 Å². The first-order valence-corrected chi connectivity index (χ1v) is 11.3. The van der Waals surface area contributed by atoms with Crippen molar-refractivity contribution in [3.63, 3.8) is 0 Å². The Kier molecular flexibility index (Phi) is 6.37. The molecule has 1 aliphatic carbocycles. The van der Waals surface area contributed by atoms with Gasteiger partial charge in [0.2, 0.25) is 0 Å². The van der Waals surface area contributed by atoms with Crippen molar-refractivity contribution in [2.75, 3.05) is 12.4 Å². The van der Waals surface area contributed by atoms with E-state index in [2.05, 4.69) is 26.2 Å². The van der Waals surface area contributed by atoms with E-state index in [0.717, 1.165) is 28.2 Å². The molecule has 2 aromatic carbocycles. The summed E-state index contributed by atoms with van der Waals surface area (Å²) in [4.78, 5) is 17.3. The van der Waals surface area contributed by atoms with Crippen LogP contribution in [-0.2, 0) is 0 Å². The molecule has 3 aromatic rings. The minimum Gasteiger partial charge on any atom is -0.491 e. The number of fused-ring (bicyclic) bond motifs is 1. The van der Waals surface area contributed by atoms with Crippen molar-refractivity contribution in [3.8, 4) is 5.75 Å². The van der Waals surface area contributed by atoms with Crippen LogP contribution in [0.4, 0.5) is 0 Å². The van der Waals surface area contributed by atoms with Gasteiger partial charge < -0.3 is 15.2 Å². The number of amides is 1. The van der Waals surface area contributed by atoms with Gasteiger partial charge in [-0.15, -0.1) is 11.8 Å². The number of nitrogens with one attached hydrogen (secondary N) is 1. The Labute approximate surface area is 182 Å². The smallest absolute Gasteiger partial charge is 0.252 e. The van der Waals surface area contributed by atoms with Gasteiger partial charge in [0.15, 0.2) is 0 Å². The fraction of sp³-hybridized carbons (Fsp3) is 0.273. The molecule has 1 unspecified atom stereocenters. The maximum atomic E-state index is 12.7. The summed E-state index contributed by atoms with van der Waals surface area (Å²) in [6.07, 6.45) is 1.43. The second-order valence-corrected chi connectivity index (χ2v) is 8.96. The molecule has 1 heterocycles. The number of nitrogens with zero attached hydrogens (tertiary/aromatic N) is 1. The van der Waals surface area contributed by atoms with E-state index in [1.165, 1.54) is 11.8 Å². The normalized spacial score (nSPS) is 14.6. The van der Waals surface area contributed by atoms with E-state index in [4.69, 9.17) is 4.74 Å². The molecule has 0 bridgehead atoms. The number of benzene rings is 2. The first-order valence-electron chi connectivity index (χ1n) is 9.48. The first-order chi connectivity index (χ1) is 14.1. The minimum absolute atomic E-state index is 0.0629. The number of ether oxygens (including phenoxy) is 1. The zero-order chi connectivity index (χ0) is 20.2. The molecule has 0 saturated heterocycles.